The van der Waals surface area contributed by atoms with Gasteiger partial charge in [0, 0.05) is 38.4 Å². The number of rotatable bonds is 4. The second-order valence-corrected chi connectivity index (χ2v) is 6.61. The van der Waals surface area contributed by atoms with E-state index in [2.05, 4.69) is 30.1 Å². The van der Waals surface area contributed by atoms with Gasteiger partial charge in [0.15, 0.2) is 0 Å². The molecule has 2 fully saturated rings. The Kier molecular flexibility index (Phi) is 5.10. The number of hydrogen-bond acceptors (Lipinski definition) is 7. The van der Waals surface area contributed by atoms with Crippen LogP contribution in [-0.2, 0) is 4.74 Å². The molecule has 2 aromatic rings. The maximum atomic E-state index is 13.1. The third-order valence-corrected chi connectivity index (χ3v) is 4.75. The molecule has 4 rings (SSSR count). The lowest BCUT2D eigenvalue weighted by Gasteiger charge is -2.34. The van der Waals surface area contributed by atoms with Crippen LogP contribution in [0.5, 0.6) is 0 Å². The van der Waals surface area contributed by atoms with Crippen molar-refractivity contribution in [3.63, 3.8) is 0 Å². The van der Waals surface area contributed by atoms with Gasteiger partial charge >= 0.3 is 0 Å². The molecule has 0 radical (unpaired) electrons. The molecule has 1 unspecified atom stereocenters. The minimum absolute atomic E-state index is 0.267. The van der Waals surface area contributed by atoms with Crippen LogP contribution in [0.25, 0.3) is 0 Å². The molecule has 1 atom stereocenters. The van der Waals surface area contributed by atoms with E-state index in [1.54, 1.807) is 12.3 Å². The molecule has 1 N–H and O–H groups in total. The van der Waals surface area contributed by atoms with Crippen molar-refractivity contribution in [1.29, 1.82) is 0 Å². The fourth-order valence-electron chi connectivity index (χ4n) is 3.41. The molecule has 8 heteroatoms. The molecule has 0 spiro atoms. The number of halogens is 1. The molecule has 0 aliphatic carbocycles. The van der Waals surface area contributed by atoms with E-state index in [-0.39, 0.29) is 11.9 Å². The molecular weight excluding hydrogens is 335 g/mol. The maximum absolute atomic E-state index is 13.1. The van der Waals surface area contributed by atoms with Crippen molar-refractivity contribution in [2.75, 3.05) is 54.5 Å². The molecule has 0 amide bonds. The third kappa shape index (κ3) is 4.01. The Morgan fingerprint density at radius 1 is 1.08 bits per heavy atom. The molecule has 0 bridgehead atoms. The first-order valence-electron chi connectivity index (χ1n) is 9.07. The van der Waals surface area contributed by atoms with Crippen molar-refractivity contribution in [3.05, 3.63) is 36.4 Å². The van der Waals surface area contributed by atoms with Crippen LogP contribution >= 0.6 is 0 Å². The number of ether oxygens (including phenoxy) is 1. The number of nitrogens with one attached hydrogen (secondary N) is 1. The van der Waals surface area contributed by atoms with Gasteiger partial charge in [-0.15, -0.1) is 0 Å². The standard InChI is InChI=1S/C18H23FN6O/c19-14-3-4-17(21-12-14)25-7-1-2-15(13-25)22-16-5-6-20-18(23-16)24-8-10-26-11-9-24/h3-6,12,15H,1-2,7-11,13H2,(H,20,22,23). The quantitative estimate of drug-likeness (QED) is 0.896. The van der Waals surface area contributed by atoms with E-state index in [0.717, 1.165) is 56.6 Å². The van der Waals surface area contributed by atoms with Crippen molar-refractivity contribution < 1.29 is 9.13 Å². The van der Waals surface area contributed by atoms with Crippen molar-refractivity contribution in [2.24, 2.45) is 0 Å². The highest BCUT2D eigenvalue weighted by molar-refractivity contribution is 5.44. The van der Waals surface area contributed by atoms with Gasteiger partial charge in [0.25, 0.3) is 0 Å². The molecule has 0 aromatic carbocycles. The van der Waals surface area contributed by atoms with Crippen LogP contribution in [0.4, 0.5) is 22.0 Å². The Morgan fingerprint density at radius 3 is 2.77 bits per heavy atom. The average Bonchev–Trinajstić information content (AvgIpc) is 2.70. The van der Waals surface area contributed by atoms with Gasteiger partial charge in [-0.3, -0.25) is 0 Å². The average molecular weight is 358 g/mol. The lowest BCUT2D eigenvalue weighted by Crippen LogP contribution is -2.42. The monoisotopic (exact) mass is 358 g/mol. The van der Waals surface area contributed by atoms with Crippen LogP contribution in [0, 0.1) is 5.82 Å². The van der Waals surface area contributed by atoms with Crippen LogP contribution in [0.3, 0.4) is 0 Å². The topological polar surface area (TPSA) is 66.4 Å². The zero-order valence-electron chi connectivity index (χ0n) is 14.6. The first-order valence-corrected chi connectivity index (χ1v) is 9.07. The normalized spacial score (nSPS) is 20.9. The van der Waals surface area contributed by atoms with Crippen molar-refractivity contribution in [1.82, 2.24) is 15.0 Å². The minimum Gasteiger partial charge on any atom is -0.378 e. The highest BCUT2D eigenvalue weighted by Crippen LogP contribution is 2.21. The highest BCUT2D eigenvalue weighted by Gasteiger charge is 2.22. The summed E-state index contributed by atoms with van der Waals surface area (Å²) in [6, 6.07) is 5.36. The molecule has 7 nitrogen and oxygen atoms in total. The summed E-state index contributed by atoms with van der Waals surface area (Å²) in [6.07, 6.45) is 5.18. The van der Waals surface area contributed by atoms with E-state index in [0.29, 0.717) is 13.2 Å². The van der Waals surface area contributed by atoms with Crippen molar-refractivity contribution in [2.45, 2.75) is 18.9 Å². The Hall–Kier alpha value is -2.48. The first kappa shape index (κ1) is 17.0. The van der Waals surface area contributed by atoms with Crippen LogP contribution < -0.4 is 15.1 Å². The molecule has 2 aliphatic rings. The van der Waals surface area contributed by atoms with Gasteiger partial charge in [0.1, 0.15) is 17.5 Å². The number of morpholine rings is 1. The van der Waals surface area contributed by atoms with Gasteiger partial charge in [0.2, 0.25) is 5.95 Å². The van der Waals surface area contributed by atoms with Gasteiger partial charge in [-0.05, 0) is 31.0 Å². The van der Waals surface area contributed by atoms with E-state index in [1.165, 1.54) is 12.3 Å². The number of pyridine rings is 1. The van der Waals surface area contributed by atoms with Crippen LogP contribution in [0.2, 0.25) is 0 Å². The number of anilines is 3. The Labute approximate surface area is 152 Å². The second-order valence-electron chi connectivity index (χ2n) is 6.61. The van der Waals surface area contributed by atoms with Gasteiger partial charge in [-0.2, -0.15) is 4.98 Å². The fourth-order valence-corrected chi connectivity index (χ4v) is 3.41. The van der Waals surface area contributed by atoms with Crippen LogP contribution in [0.1, 0.15) is 12.8 Å². The Bertz CT molecular complexity index is 722. The number of piperidine rings is 1. The Morgan fingerprint density at radius 2 is 1.96 bits per heavy atom. The molecule has 26 heavy (non-hydrogen) atoms. The highest BCUT2D eigenvalue weighted by atomic mass is 19.1. The molecule has 2 aromatic heterocycles. The first-order chi connectivity index (χ1) is 12.8. The number of nitrogens with zero attached hydrogens (tertiary/aromatic N) is 5. The molecule has 2 saturated heterocycles. The number of hydrogen-bond donors (Lipinski definition) is 1. The molecule has 138 valence electrons. The number of aromatic nitrogens is 3. The summed E-state index contributed by atoms with van der Waals surface area (Å²) in [5.74, 6) is 2.08. The summed E-state index contributed by atoms with van der Waals surface area (Å²) in [6.45, 7) is 4.80. The summed E-state index contributed by atoms with van der Waals surface area (Å²) in [5, 5.41) is 3.52. The summed E-state index contributed by atoms with van der Waals surface area (Å²) >= 11 is 0. The van der Waals surface area contributed by atoms with E-state index in [4.69, 9.17) is 4.74 Å². The zero-order valence-corrected chi connectivity index (χ0v) is 14.6. The van der Waals surface area contributed by atoms with Crippen LogP contribution in [-0.4, -0.2) is 60.4 Å². The van der Waals surface area contributed by atoms with E-state index in [9.17, 15) is 4.39 Å². The summed E-state index contributed by atoms with van der Waals surface area (Å²) in [7, 11) is 0. The molecule has 2 aliphatic heterocycles. The van der Waals surface area contributed by atoms with Crippen molar-refractivity contribution >= 4 is 17.6 Å². The van der Waals surface area contributed by atoms with E-state index >= 15 is 0 Å². The van der Waals surface area contributed by atoms with Gasteiger partial charge in [0.05, 0.1) is 19.4 Å². The SMILES string of the molecule is Fc1ccc(N2CCCC(Nc3ccnc(N4CCOCC4)n3)C2)nc1. The van der Waals surface area contributed by atoms with Crippen LogP contribution in [0.15, 0.2) is 30.6 Å². The Balaban J connectivity index is 1.41. The van der Waals surface area contributed by atoms with Gasteiger partial charge in [-0.25, -0.2) is 14.4 Å². The zero-order chi connectivity index (χ0) is 17.8. The lowest BCUT2D eigenvalue weighted by atomic mass is 10.1. The maximum Gasteiger partial charge on any atom is 0.227 e. The smallest absolute Gasteiger partial charge is 0.227 e. The van der Waals surface area contributed by atoms with E-state index < -0.39 is 0 Å². The third-order valence-electron chi connectivity index (χ3n) is 4.75. The summed E-state index contributed by atoms with van der Waals surface area (Å²) in [4.78, 5) is 17.6. The van der Waals surface area contributed by atoms with E-state index in [1.807, 2.05) is 6.07 Å². The second kappa shape index (κ2) is 7.82. The molecular formula is C18H23FN6O. The predicted molar refractivity (Wildman–Crippen MR) is 98.1 cm³/mol. The largest absolute Gasteiger partial charge is 0.378 e. The molecule has 0 saturated carbocycles. The minimum atomic E-state index is -0.308. The van der Waals surface area contributed by atoms with Gasteiger partial charge in [-0.1, -0.05) is 0 Å². The fraction of sp³-hybridized carbons (Fsp3) is 0.500. The van der Waals surface area contributed by atoms with Gasteiger partial charge < -0.3 is 19.9 Å². The summed E-state index contributed by atoms with van der Waals surface area (Å²) in [5.41, 5.74) is 0. The summed E-state index contributed by atoms with van der Waals surface area (Å²) < 4.78 is 18.5. The predicted octanol–water partition coefficient (Wildman–Crippen LogP) is 1.93. The lowest BCUT2D eigenvalue weighted by molar-refractivity contribution is 0.122. The molecule has 4 heterocycles. The van der Waals surface area contributed by atoms with Crippen molar-refractivity contribution in [3.8, 4) is 0 Å².